The summed E-state index contributed by atoms with van der Waals surface area (Å²) in [5, 5.41) is 10.6. The number of aryl methyl sites for hydroxylation is 2. The van der Waals surface area contributed by atoms with E-state index in [-0.39, 0.29) is 23.2 Å². The molecule has 4 nitrogen and oxygen atoms in total. The van der Waals surface area contributed by atoms with Crippen LogP contribution in [0.15, 0.2) is 15.3 Å². The number of benzene rings is 1. The van der Waals surface area contributed by atoms with E-state index in [1.54, 1.807) is 19.9 Å². The highest BCUT2D eigenvalue weighted by Gasteiger charge is 2.17. The summed E-state index contributed by atoms with van der Waals surface area (Å²) in [5.74, 6) is -0.384. The van der Waals surface area contributed by atoms with Crippen LogP contribution in [0.25, 0.3) is 11.0 Å². The molecule has 0 radical (unpaired) electrons. The molecule has 88 valence electrons. The van der Waals surface area contributed by atoms with Crippen LogP contribution in [0.3, 0.4) is 0 Å². The maximum absolute atomic E-state index is 11.4. The number of halogens is 1. The van der Waals surface area contributed by atoms with E-state index >= 15 is 0 Å². The normalized spacial score (nSPS) is 10.8. The first-order valence-corrected chi connectivity index (χ1v) is 5.25. The second kappa shape index (κ2) is 3.89. The van der Waals surface area contributed by atoms with Crippen LogP contribution in [0.5, 0.6) is 5.75 Å². The molecule has 0 atom stereocenters. The summed E-state index contributed by atoms with van der Waals surface area (Å²) in [6.07, 6.45) is 0.272. The van der Waals surface area contributed by atoms with Crippen molar-refractivity contribution < 1.29 is 14.3 Å². The van der Waals surface area contributed by atoms with Crippen molar-refractivity contribution in [2.24, 2.45) is 0 Å². The Morgan fingerprint density at radius 3 is 2.65 bits per heavy atom. The largest absolute Gasteiger partial charge is 0.506 e. The van der Waals surface area contributed by atoms with Crippen LogP contribution in [0, 0.1) is 13.8 Å². The second-order valence-electron chi connectivity index (χ2n) is 3.78. The van der Waals surface area contributed by atoms with E-state index in [9.17, 15) is 14.7 Å². The SMILES string of the molecule is Cc1cc2oc(=O)c(C=O)c(O)c2c(C)c1Cl. The predicted molar refractivity (Wildman–Crippen MR) is 64.0 cm³/mol. The number of aldehydes is 1. The Morgan fingerprint density at radius 2 is 2.06 bits per heavy atom. The van der Waals surface area contributed by atoms with Crippen LogP contribution in [0.1, 0.15) is 21.5 Å². The molecule has 0 spiro atoms. The molecule has 0 amide bonds. The summed E-state index contributed by atoms with van der Waals surface area (Å²) in [4.78, 5) is 22.1. The molecular formula is C12H9ClO4. The van der Waals surface area contributed by atoms with Crippen molar-refractivity contribution in [3.05, 3.63) is 38.2 Å². The fourth-order valence-electron chi connectivity index (χ4n) is 1.79. The third kappa shape index (κ3) is 1.61. The first-order valence-electron chi connectivity index (χ1n) is 4.88. The molecule has 0 aliphatic carbocycles. The summed E-state index contributed by atoms with van der Waals surface area (Å²) in [7, 11) is 0. The zero-order valence-electron chi connectivity index (χ0n) is 9.20. The summed E-state index contributed by atoms with van der Waals surface area (Å²) < 4.78 is 4.98. The van der Waals surface area contributed by atoms with Crippen LogP contribution in [-0.2, 0) is 0 Å². The molecule has 0 fully saturated rings. The van der Waals surface area contributed by atoms with Gasteiger partial charge in [-0.25, -0.2) is 4.79 Å². The van der Waals surface area contributed by atoms with Crippen molar-refractivity contribution in [2.75, 3.05) is 0 Å². The van der Waals surface area contributed by atoms with Gasteiger partial charge in [0.05, 0.1) is 5.39 Å². The van der Waals surface area contributed by atoms with Crippen LogP contribution in [0.2, 0.25) is 5.02 Å². The molecule has 2 rings (SSSR count). The Bertz CT molecular complexity index is 685. The maximum atomic E-state index is 11.4. The van der Waals surface area contributed by atoms with Crippen LogP contribution >= 0.6 is 11.6 Å². The molecule has 0 saturated heterocycles. The van der Waals surface area contributed by atoms with Gasteiger partial charge in [-0.1, -0.05) is 11.6 Å². The molecule has 0 unspecified atom stereocenters. The van der Waals surface area contributed by atoms with Gasteiger partial charge in [0.2, 0.25) is 0 Å². The Balaban J connectivity index is 3.09. The molecule has 0 aliphatic heterocycles. The van der Waals surface area contributed by atoms with Crippen molar-refractivity contribution in [2.45, 2.75) is 13.8 Å². The van der Waals surface area contributed by atoms with E-state index in [1.807, 2.05) is 0 Å². The smallest absolute Gasteiger partial charge is 0.350 e. The van der Waals surface area contributed by atoms with E-state index in [1.165, 1.54) is 0 Å². The van der Waals surface area contributed by atoms with E-state index in [2.05, 4.69) is 0 Å². The minimum Gasteiger partial charge on any atom is -0.506 e. The van der Waals surface area contributed by atoms with Crippen molar-refractivity contribution in [3.63, 3.8) is 0 Å². The number of carbonyl (C=O) groups is 1. The summed E-state index contributed by atoms with van der Waals surface area (Å²) in [6.45, 7) is 3.45. The molecule has 0 aliphatic rings. The average molecular weight is 253 g/mol. The first-order chi connectivity index (χ1) is 7.97. The zero-order valence-corrected chi connectivity index (χ0v) is 9.96. The molecule has 1 aromatic carbocycles. The second-order valence-corrected chi connectivity index (χ2v) is 4.15. The quantitative estimate of drug-likeness (QED) is 0.626. The maximum Gasteiger partial charge on any atom is 0.350 e. The lowest BCUT2D eigenvalue weighted by molar-refractivity contribution is 0.111. The minimum absolute atomic E-state index is 0.220. The lowest BCUT2D eigenvalue weighted by Gasteiger charge is -2.09. The molecule has 17 heavy (non-hydrogen) atoms. The van der Waals surface area contributed by atoms with Gasteiger partial charge in [0.1, 0.15) is 16.9 Å². The molecule has 0 saturated carbocycles. The van der Waals surface area contributed by atoms with E-state index in [0.717, 1.165) is 5.56 Å². The lowest BCUT2D eigenvalue weighted by Crippen LogP contribution is -2.07. The van der Waals surface area contributed by atoms with Gasteiger partial charge < -0.3 is 9.52 Å². The lowest BCUT2D eigenvalue weighted by atomic mass is 10.0. The highest BCUT2D eigenvalue weighted by atomic mass is 35.5. The van der Waals surface area contributed by atoms with Gasteiger partial charge in [-0.3, -0.25) is 4.79 Å². The number of fused-ring (bicyclic) bond motifs is 1. The van der Waals surface area contributed by atoms with E-state index in [4.69, 9.17) is 16.0 Å². The van der Waals surface area contributed by atoms with Crippen molar-refractivity contribution in [3.8, 4) is 5.75 Å². The van der Waals surface area contributed by atoms with Crippen molar-refractivity contribution >= 4 is 28.9 Å². The molecular weight excluding hydrogens is 244 g/mol. The average Bonchev–Trinajstić information content (AvgIpc) is 2.26. The minimum atomic E-state index is -0.855. The zero-order chi connectivity index (χ0) is 12.7. The number of hydrogen-bond acceptors (Lipinski definition) is 4. The Hall–Kier alpha value is -1.81. The summed E-state index contributed by atoms with van der Waals surface area (Å²) in [5.41, 5.74) is 0.285. The molecule has 1 aromatic heterocycles. The number of aromatic hydroxyl groups is 1. The molecule has 1 N–H and O–H groups in total. The van der Waals surface area contributed by atoms with Crippen molar-refractivity contribution in [1.82, 2.24) is 0 Å². The van der Waals surface area contributed by atoms with Gasteiger partial charge in [-0.2, -0.15) is 0 Å². The highest BCUT2D eigenvalue weighted by molar-refractivity contribution is 6.33. The fourth-order valence-corrected chi connectivity index (χ4v) is 1.94. The standard InChI is InChI=1S/C12H9ClO4/c1-5-3-8-9(6(2)10(5)13)11(15)7(4-14)12(16)17-8/h3-4,15H,1-2H3. The van der Waals surface area contributed by atoms with Gasteiger partial charge in [-0.15, -0.1) is 0 Å². The monoisotopic (exact) mass is 252 g/mol. The molecule has 0 bridgehead atoms. The molecule has 5 heteroatoms. The van der Waals surface area contributed by atoms with Gasteiger partial charge in [0, 0.05) is 5.02 Å². The van der Waals surface area contributed by atoms with Gasteiger partial charge in [0.25, 0.3) is 0 Å². The predicted octanol–water partition coefficient (Wildman–Crippen LogP) is 2.58. The van der Waals surface area contributed by atoms with Gasteiger partial charge >= 0.3 is 5.63 Å². The Morgan fingerprint density at radius 1 is 1.41 bits per heavy atom. The molecule has 2 aromatic rings. The summed E-state index contributed by atoms with van der Waals surface area (Å²) >= 11 is 6.04. The van der Waals surface area contributed by atoms with E-state index < -0.39 is 5.63 Å². The number of carbonyl (C=O) groups excluding carboxylic acids is 1. The summed E-state index contributed by atoms with van der Waals surface area (Å²) in [6, 6.07) is 1.56. The van der Waals surface area contributed by atoms with Gasteiger partial charge in [-0.05, 0) is 31.0 Å². The van der Waals surface area contributed by atoms with Crippen LogP contribution in [0.4, 0.5) is 0 Å². The number of rotatable bonds is 1. The van der Waals surface area contributed by atoms with E-state index in [0.29, 0.717) is 16.0 Å². The Labute approximate surface area is 101 Å². The topological polar surface area (TPSA) is 67.5 Å². The van der Waals surface area contributed by atoms with Gasteiger partial charge in [0.15, 0.2) is 6.29 Å². The van der Waals surface area contributed by atoms with Crippen LogP contribution in [-0.4, -0.2) is 11.4 Å². The third-order valence-electron chi connectivity index (χ3n) is 2.68. The highest BCUT2D eigenvalue weighted by Crippen LogP contribution is 2.34. The van der Waals surface area contributed by atoms with Crippen LogP contribution < -0.4 is 5.63 Å². The number of hydrogen-bond donors (Lipinski definition) is 1. The fraction of sp³-hybridized carbons (Fsp3) is 0.167. The Kier molecular flexibility index (Phi) is 2.67. The van der Waals surface area contributed by atoms with Crippen molar-refractivity contribution in [1.29, 1.82) is 0 Å². The molecule has 1 heterocycles. The first kappa shape index (κ1) is 11.7. The third-order valence-corrected chi connectivity index (χ3v) is 3.26.